The fourth-order valence-corrected chi connectivity index (χ4v) is 2.01. The van der Waals surface area contributed by atoms with Crippen molar-refractivity contribution in [3.8, 4) is 0 Å². The molecule has 0 aliphatic carbocycles. The Bertz CT molecular complexity index is 526. The van der Waals surface area contributed by atoms with Gasteiger partial charge in [0.2, 0.25) is 0 Å². The fraction of sp³-hybridized carbons (Fsp3) is 0.438. The summed E-state index contributed by atoms with van der Waals surface area (Å²) in [6.07, 6.45) is 2.04. The van der Waals surface area contributed by atoms with Gasteiger partial charge in [0.05, 0.1) is 5.69 Å². The van der Waals surface area contributed by atoms with Crippen LogP contribution in [0.5, 0.6) is 0 Å². The second kappa shape index (κ2) is 6.57. The summed E-state index contributed by atoms with van der Waals surface area (Å²) in [5.41, 5.74) is 3.60. The van der Waals surface area contributed by atoms with Crippen molar-refractivity contribution in [2.75, 3.05) is 19.0 Å². The standard InChI is InChI=1S/C16H24N4/c1-13(2)20-10-9-15(18-20)12-17-11-14-5-7-16(8-6-14)19(3)4/h5-10,13,17H,11-12H2,1-4H3. The highest BCUT2D eigenvalue weighted by atomic mass is 15.3. The van der Waals surface area contributed by atoms with Gasteiger partial charge < -0.3 is 10.2 Å². The molecule has 0 amide bonds. The Morgan fingerprint density at radius 3 is 2.35 bits per heavy atom. The molecule has 0 saturated heterocycles. The van der Waals surface area contributed by atoms with Crippen LogP contribution in [0.3, 0.4) is 0 Å². The van der Waals surface area contributed by atoms with E-state index in [9.17, 15) is 0 Å². The minimum Gasteiger partial charge on any atom is -0.378 e. The van der Waals surface area contributed by atoms with Gasteiger partial charge in [-0.15, -0.1) is 0 Å². The summed E-state index contributed by atoms with van der Waals surface area (Å²) in [6.45, 7) is 5.93. The number of hydrogen-bond acceptors (Lipinski definition) is 3. The first-order chi connectivity index (χ1) is 9.56. The lowest BCUT2D eigenvalue weighted by Gasteiger charge is -2.12. The third kappa shape index (κ3) is 3.84. The predicted octanol–water partition coefficient (Wildman–Crippen LogP) is 2.82. The zero-order valence-electron chi connectivity index (χ0n) is 12.8. The van der Waals surface area contributed by atoms with E-state index in [1.54, 1.807) is 0 Å². The van der Waals surface area contributed by atoms with Gasteiger partial charge >= 0.3 is 0 Å². The molecule has 1 heterocycles. The Morgan fingerprint density at radius 1 is 1.10 bits per heavy atom. The van der Waals surface area contributed by atoms with E-state index in [2.05, 4.69) is 73.6 Å². The molecule has 0 aliphatic heterocycles. The van der Waals surface area contributed by atoms with E-state index in [-0.39, 0.29) is 0 Å². The number of aromatic nitrogens is 2. The zero-order chi connectivity index (χ0) is 14.5. The van der Waals surface area contributed by atoms with Gasteiger partial charge in [-0.2, -0.15) is 5.10 Å². The van der Waals surface area contributed by atoms with Crippen molar-refractivity contribution < 1.29 is 0 Å². The average Bonchev–Trinajstić information content (AvgIpc) is 2.88. The second-order valence-corrected chi connectivity index (χ2v) is 5.55. The fourth-order valence-electron chi connectivity index (χ4n) is 2.01. The molecule has 4 heteroatoms. The molecular weight excluding hydrogens is 248 g/mol. The van der Waals surface area contributed by atoms with Gasteiger partial charge in [0, 0.05) is 45.1 Å². The predicted molar refractivity (Wildman–Crippen MR) is 83.9 cm³/mol. The molecule has 0 unspecified atom stereocenters. The third-order valence-corrected chi connectivity index (χ3v) is 3.28. The van der Waals surface area contributed by atoms with Crippen LogP contribution in [0.2, 0.25) is 0 Å². The highest BCUT2D eigenvalue weighted by molar-refractivity contribution is 5.45. The molecular formula is C16H24N4. The Hall–Kier alpha value is -1.81. The quantitative estimate of drug-likeness (QED) is 0.878. The van der Waals surface area contributed by atoms with Crippen molar-refractivity contribution in [1.82, 2.24) is 15.1 Å². The van der Waals surface area contributed by atoms with Crippen LogP contribution in [-0.4, -0.2) is 23.9 Å². The minimum absolute atomic E-state index is 0.419. The van der Waals surface area contributed by atoms with Crippen molar-refractivity contribution in [3.05, 3.63) is 47.8 Å². The number of nitrogens with zero attached hydrogens (tertiary/aromatic N) is 3. The van der Waals surface area contributed by atoms with Crippen molar-refractivity contribution in [2.24, 2.45) is 0 Å². The first-order valence-electron chi connectivity index (χ1n) is 7.07. The summed E-state index contributed by atoms with van der Waals surface area (Å²) in [5, 5.41) is 7.96. The van der Waals surface area contributed by atoms with Gasteiger partial charge in [0.25, 0.3) is 0 Å². The first-order valence-corrected chi connectivity index (χ1v) is 7.07. The van der Waals surface area contributed by atoms with E-state index < -0.39 is 0 Å². The van der Waals surface area contributed by atoms with Crippen LogP contribution in [0.1, 0.15) is 31.1 Å². The second-order valence-electron chi connectivity index (χ2n) is 5.55. The Kier molecular flexibility index (Phi) is 4.79. The molecule has 20 heavy (non-hydrogen) atoms. The molecule has 2 rings (SSSR count). The van der Waals surface area contributed by atoms with Crippen LogP contribution < -0.4 is 10.2 Å². The molecule has 1 N–H and O–H groups in total. The van der Waals surface area contributed by atoms with Crippen molar-refractivity contribution in [1.29, 1.82) is 0 Å². The molecule has 1 aromatic carbocycles. The van der Waals surface area contributed by atoms with Crippen LogP contribution in [0.25, 0.3) is 0 Å². The van der Waals surface area contributed by atoms with Crippen molar-refractivity contribution in [3.63, 3.8) is 0 Å². The van der Waals surface area contributed by atoms with Gasteiger partial charge in [-0.25, -0.2) is 0 Å². The molecule has 0 spiro atoms. The third-order valence-electron chi connectivity index (χ3n) is 3.28. The summed E-state index contributed by atoms with van der Waals surface area (Å²) in [4.78, 5) is 2.11. The largest absolute Gasteiger partial charge is 0.378 e. The lowest BCUT2D eigenvalue weighted by atomic mass is 10.2. The number of anilines is 1. The van der Waals surface area contributed by atoms with E-state index in [0.717, 1.165) is 18.8 Å². The summed E-state index contributed by atoms with van der Waals surface area (Å²) in [6, 6.07) is 11.1. The monoisotopic (exact) mass is 272 g/mol. The lowest BCUT2D eigenvalue weighted by Crippen LogP contribution is -2.14. The lowest BCUT2D eigenvalue weighted by molar-refractivity contribution is 0.521. The maximum absolute atomic E-state index is 4.53. The van der Waals surface area contributed by atoms with E-state index in [1.165, 1.54) is 11.3 Å². The molecule has 0 bridgehead atoms. The summed E-state index contributed by atoms with van der Waals surface area (Å²) < 4.78 is 1.99. The van der Waals surface area contributed by atoms with E-state index in [1.807, 2.05) is 10.9 Å². The molecule has 108 valence electrons. The number of nitrogens with one attached hydrogen (secondary N) is 1. The molecule has 0 radical (unpaired) electrons. The molecule has 1 aromatic heterocycles. The van der Waals surface area contributed by atoms with E-state index >= 15 is 0 Å². The van der Waals surface area contributed by atoms with Crippen molar-refractivity contribution >= 4 is 5.69 Å². The van der Waals surface area contributed by atoms with Crippen LogP contribution in [-0.2, 0) is 13.1 Å². The normalized spacial score (nSPS) is 11.1. The maximum atomic E-state index is 4.53. The molecule has 0 fully saturated rings. The maximum Gasteiger partial charge on any atom is 0.0762 e. The highest BCUT2D eigenvalue weighted by Crippen LogP contribution is 2.12. The average molecular weight is 272 g/mol. The molecule has 2 aromatic rings. The number of rotatable bonds is 6. The Labute approximate surface area is 121 Å². The Morgan fingerprint density at radius 2 is 1.80 bits per heavy atom. The van der Waals surface area contributed by atoms with Gasteiger partial charge in [-0.05, 0) is 37.6 Å². The summed E-state index contributed by atoms with van der Waals surface area (Å²) >= 11 is 0. The molecule has 0 atom stereocenters. The Balaban J connectivity index is 1.83. The number of benzene rings is 1. The van der Waals surface area contributed by atoms with Gasteiger partial charge in [0.1, 0.15) is 0 Å². The van der Waals surface area contributed by atoms with Crippen LogP contribution in [0.15, 0.2) is 36.5 Å². The number of hydrogen-bond donors (Lipinski definition) is 1. The van der Waals surface area contributed by atoms with Crippen molar-refractivity contribution in [2.45, 2.75) is 33.0 Å². The molecule has 4 nitrogen and oxygen atoms in total. The van der Waals surface area contributed by atoms with E-state index in [0.29, 0.717) is 6.04 Å². The SMILES string of the molecule is CC(C)n1ccc(CNCc2ccc(N(C)C)cc2)n1. The summed E-state index contributed by atoms with van der Waals surface area (Å²) in [5.74, 6) is 0. The van der Waals surface area contributed by atoms with Crippen LogP contribution in [0.4, 0.5) is 5.69 Å². The smallest absolute Gasteiger partial charge is 0.0762 e. The van der Waals surface area contributed by atoms with E-state index in [4.69, 9.17) is 0 Å². The summed E-state index contributed by atoms with van der Waals surface area (Å²) in [7, 11) is 4.11. The van der Waals surface area contributed by atoms with Gasteiger partial charge in [0.15, 0.2) is 0 Å². The van der Waals surface area contributed by atoms with Gasteiger partial charge in [-0.3, -0.25) is 4.68 Å². The molecule has 0 aliphatic rings. The first kappa shape index (κ1) is 14.6. The highest BCUT2D eigenvalue weighted by Gasteiger charge is 2.02. The van der Waals surface area contributed by atoms with Gasteiger partial charge in [-0.1, -0.05) is 12.1 Å². The molecule has 0 saturated carbocycles. The minimum atomic E-state index is 0.419. The van der Waals surface area contributed by atoms with Crippen LogP contribution in [0, 0.1) is 0 Å². The van der Waals surface area contributed by atoms with Crippen LogP contribution >= 0.6 is 0 Å². The topological polar surface area (TPSA) is 33.1 Å². The zero-order valence-corrected chi connectivity index (χ0v) is 12.8.